The molecule has 0 spiro atoms. The fourth-order valence-corrected chi connectivity index (χ4v) is 1.99. The first-order chi connectivity index (χ1) is 7.45. The van der Waals surface area contributed by atoms with Crippen molar-refractivity contribution in [3.05, 3.63) is 36.2 Å². The molecular formula is C11H13N3O. The normalized spacial score (nSPS) is 22.0. The van der Waals surface area contributed by atoms with Crippen molar-refractivity contribution in [1.29, 1.82) is 0 Å². The zero-order valence-corrected chi connectivity index (χ0v) is 8.39. The molecule has 1 N–H and O–H groups in total. The van der Waals surface area contributed by atoms with Gasteiger partial charge in [-0.3, -0.25) is 0 Å². The molecule has 0 saturated carbocycles. The van der Waals surface area contributed by atoms with Crippen molar-refractivity contribution in [3.8, 4) is 0 Å². The summed E-state index contributed by atoms with van der Waals surface area (Å²) >= 11 is 0. The zero-order valence-electron chi connectivity index (χ0n) is 8.39. The van der Waals surface area contributed by atoms with E-state index in [-0.39, 0.29) is 6.04 Å². The SMILES string of the molecule is c1ccn2ncc(C3COCCN3)c2c1. The minimum absolute atomic E-state index is 0.277. The van der Waals surface area contributed by atoms with Gasteiger partial charge in [-0.05, 0) is 12.1 Å². The van der Waals surface area contributed by atoms with Crippen LogP contribution in [0.1, 0.15) is 11.6 Å². The average Bonchev–Trinajstić information content (AvgIpc) is 2.74. The molecule has 15 heavy (non-hydrogen) atoms. The number of pyridine rings is 1. The molecule has 0 radical (unpaired) electrons. The number of ether oxygens (including phenoxy) is 1. The summed E-state index contributed by atoms with van der Waals surface area (Å²) in [7, 11) is 0. The maximum Gasteiger partial charge on any atom is 0.0710 e. The van der Waals surface area contributed by atoms with Crippen LogP contribution in [0, 0.1) is 0 Å². The number of nitrogens with zero attached hydrogens (tertiary/aromatic N) is 2. The Kier molecular flexibility index (Phi) is 2.16. The van der Waals surface area contributed by atoms with Gasteiger partial charge in [0.1, 0.15) is 0 Å². The second-order valence-corrected chi connectivity index (χ2v) is 3.71. The molecule has 3 heterocycles. The Morgan fingerprint density at radius 3 is 3.33 bits per heavy atom. The van der Waals surface area contributed by atoms with Gasteiger partial charge in [-0.1, -0.05) is 6.07 Å². The maximum absolute atomic E-state index is 5.46. The minimum Gasteiger partial charge on any atom is -0.378 e. The minimum atomic E-state index is 0.277. The van der Waals surface area contributed by atoms with Gasteiger partial charge in [-0.25, -0.2) is 4.52 Å². The summed E-state index contributed by atoms with van der Waals surface area (Å²) in [6.07, 6.45) is 3.88. The predicted molar refractivity (Wildman–Crippen MR) is 56.8 cm³/mol. The first kappa shape index (κ1) is 8.88. The molecule has 1 saturated heterocycles. The molecule has 1 aliphatic rings. The van der Waals surface area contributed by atoms with Gasteiger partial charge in [0.05, 0.1) is 31.0 Å². The highest BCUT2D eigenvalue weighted by molar-refractivity contribution is 5.54. The van der Waals surface area contributed by atoms with Crippen LogP contribution in [-0.2, 0) is 4.74 Å². The Morgan fingerprint density at radius 2 is 2.47 bits per heavy atom. The molecule has 0 bridgehead atoms. The summed E-state index contributed by atoms with van der Waals surface area (Å²) in [5.74, 6) is 0. The molecule has 2 aromatic rings. The Hall–Kier alpha value is -1.39. The summed E-state index contributed by atoms with van der Waals surface area (Å²) < 4.78 is 7.35. The lowest BCUT2D eigenvalue weighted by Crippen LogP contribution is -2.34. The lowest BCUT2D eigenvalue weighted by Gasteiger charge is -2.23. The third-order valence-corrected chi connectivity index (χ3v) is 2.75. The van der Waals surface area contributed by atoms with Crippen LogP contribution in [-0.4, -0.2) is 29.4 Å². The van der Waals surface area contributed by atoms with Crippen molar-refractivity contribution in [2.24, 2.45) is 0 Å². The number of rotatable bonds is 1. The van der Waals surface area contributed by atoms with Crippen molar-refractivity contribution in [1.82, 2.24) is 14.9 Å². The van der Waals surface area contributed by atoms with E-state index in [2.05, 4.69) is 16.5 Å². The highest BCUT2D eigenvalue weighted by Crippen LogP contribution is 2.20. The van der Waals surface area contributed by atoms with Crippen LogP contribution in [0.25, 0.3) is 5.52 Å². The third-order valence-electron chi connectivity index (χ3n) is 2.75. The Bertz CT molecular complexity index is 460. The molecule has 1 unspecified atom stereocenters. The van der Waals surface area contributed by atoms with E-state index >= 15 is 0 Å². The Morgan fingerprint density at radius 1 is 1.47 bits per heavy atom. The van der Waals surface area contributed by atoms with Gasteiger partial charge in [-0.15, -0.1) is 0 Å². The topological polar surface area (TPSA) is 38.6 Å². The van der Waals surface area contributed by atoms with Crippen LogP contribution in [0.3, 0.4) is 0 Å². The number of morpholine rings is 1. The molecule has 4 heteroatoms. The maximum atomic E-state index is 5.46. The molecule has 3 rings (SSSR count). The first-order valence-corrected chi connectivity index (χ1v) is 5.18. The lowest BCUT2D eigenvalue weighted by atomic mass is 10.1. The summed E-state index contributed by atoms with van der Waals surface area (Å²) in [6.45, 7) is 2.45. The molecule has 0 aliphatic carbocycles. The fraction of sp³-hybridized carbons (Fsp3) is 0.364. The van der Waals surface area contributed by atoms with Gasteiger partial charge >= 0.3 is 0 Å². The van der Waals surface area contributed by atoms with E-state index in [0.29, 0.717) is 0 Å². The molecule has 0 amide bonds. The van der Waals surface area contributed by atoms with Crippen LogP contribution < -0.4 is 5.32 Å². The number of aromatic nitrogens is 2. The van der Waals surface area contributed by atoms with Crippen molar-refractivity contribution in [2.45, 2.75) is 6.04 Å². The van der Waals surface area contributed by atoms with Crippen molar-refractivity contribution >= 4 is 5.52 Å². The summed E-state index contributed by atoms with van der Waals surface area (Å²) in [4.78, 5) is 0. The number of hydrogen-bond acceptors (Lipinski definition) is 3. The van der Waals surface area contributed by atoms with Crippen molar-refractivity contribution in [3.63, 3.8) is 0 Å². The van der Waals surface area contributed by atoms with Gasteiger partial charge in [0, 0.05) is 18.3 Å². The lowest BCUT2D eigenvalue weighted by molar-refractivity contribution is 0.0773. The van der Waals surface area contributed by atoms with E-state index in [1.165, 1.54) is 5.56 Å². The number of fused-ring (bicyclic) bond motifs is 1. The van der Waals surface area contributed by atoms with Crippen LogP contribution in [0.2, 0.25) is 0 Å². The van der Waals surface area contributed by atoms with Crippen LogP contribution in [0.5, 0.6) is 0 Å². The van der Waals surface area contributed by atoms with Crippen LogP contribution in [0.15, 0.2) is 30.6 Å². The van der Waals surface area contributed by atoms with E-state index in [0.717, 1.165) is 25.3 Å². The molecular weight excluding hydrogens is 190 g/mol. The monoisotopic (exact) mass is 203 g/mol. The van der Waals surface area contributed by atoms with Gasteiger partial charge in [-0.2, -0.15) is 5.10 Å². The highest BCUT2D eigenvalue weighted by atomic mass is 16.5. The average molecular weight is 203 g/mol. The van der Waals surface area contributed by atoms with E-state index in [9.17, 15) is 0 Å². The highest BCUT2D eigenvalue weighted by Gasteiger charge is 2.18. The van der Waals surface area contributed by atoms with Crippen LogP contribution >= 0.6 is 0 Å². The predicted octanol–water partition coefficient (Wildman–Crippen LogP) is 0.995. The van der Waals surface area contributed by atoms with Crippen molar-refractivity contribution < 1.29 is 4.74 Å². The molecule has 78 valence electrons. The molecule has 0 aromatic carbocycles. The zero-order chi connectivity index (χ0) is 10.1. The fourth-order valence-electron chi connectivity index (χ4n) is 1.99. The third kappa shape index (κ3) is 1.52. The summed E-state index contributed by atoms with van der Waals surface area (Å²) in [5.41, 5.74) is 2.37. The second-order valence-electron chi connectivity index (χ2n) is 3.71. The largest absolute Gasteiger partial charge is 0.378 e. The van der Waals surface area contributed by atoms with Gasteiger partial charge < -0.3 is 10.1 Å². The molecule has 1 fully saturated rings. The summed E-state index contributed by atoms with van der Waals surface area (Å²) in [5, 5.41) is 7.75. The molecule has 4 nitrogen and oxygen atoms in total. The first-order valence-electron chi connectivity index (χ1n) is 5.18. The standard InChI is InChI=1S/C11H13N3O/c1-2-5-14-11(3-1)9(7-13-14)10-8-15-6-4-12-10/h1-3,5,7,10,12H,4,6,8H2. The molecule has 1 atom stereocenters. The number of hydrogen-bond donors (Lipinski definition) is 1. The van der Waals surface area contributed by atoms with E-state index < -0.39 is 0 Å². The van der Waals surface area contributed by atoms with Gasteiger partial charge in [0.2, 0.25) is 0 Å². The number of nitrogens with one attached hydrogen (secondary N) is 1. The van der Waals surface area contributed by atoms with E-state index in [1.54, 1.807) is 0 Å². The Labute approximate surface area is 87.9 Å². The van der Waals surface area contributed by atoms with E-state index in [4.69, 9.17) is 4.74 Å². The molecule has 2 aromatic heterocycles. The van der Waals surface area contributed by atoms with E-state index in [1.807, 2.05) is 29.0 Å². The van der Waals surface area contributed by atoms with Crippen molar-refractivity contribution in [2.75, 3.05) is 19.8 Å². The Balaban J connectivity index is 2.02. The van der Waals surface area contributed by atoms with Gasteiger partial charge in [0.15, 0.2) is 0 Å². The smallest absolute Gasteiger partial charge is 0.0710 e. The van der Waals surface area contributed by atoms with Crippen LogP contribution in [0.4, 0.5) is 0 Å². The second kappa shape index (κ2) is 3.64. The quantitative estimate of drug-likeness (QED) is 0.751. The molecule has 1 aliphatic heterocycles. The summed E-state index contributed by atoms with van der Waals surface area (Å²) in [6, 6.07) is 6.37. The van der Waals surface area contributed by atoms with Gasteiger partial charge in [0.25, 0.3) is 0 Å².